The molecule has 0 spiro atoms. The third kappa shape index (κ3) is 5.17. The van der Waals surface area contributed by atoms with Gasteiger partial charge < -0.3 is 25.4 Å². The normalized spacial score (nSPS) is 10.9. The first-order valence-corrected chi connectivity index (χ1v) is 11.1. The van der Waals surface area contributed by atoms with Gasteiger partial charge in [-0.15, -0.1) is 0 Å². The van der Waals surface area contributed by atoms with E-state index in [1.54, 1.807) is 43.3 Å². The van der Waals surface area contributed by atoms with Gasteiger partial charge in [0.25, 0.3) is 0 Å². The number of fused-ring (bicyclic) bond motifs is 1. The molecule has 35 heavy (non-hydrogen) atoms. The van der Waals surface area contributed by atoms with E-state index >= 15 is 4.39 Å². The van der Waals surface area contributed by atoms with Crippen LogP contribution in [0, 0.1) is 5.82 Å². The number of hydrogen-bond donors (Lipinski definition) is 2. The Morgan fingerprint density at radius 3 is 2.60 bits per heavy atom. The van der Waals surface area contributed by atoms with E-state index in [0.29, 0.717) is 33.6 Å². The maximum absolute atomic E-state index is 15.1. The molecule has 0 atom stereocenters. The molecule has 0 saturated heterocycles. The van der Waals surface area contributed by atoms with Crippen molar-refractivity contribution in [3.8, 4) is 16.9 Å². The number of carbonyl (C=O) groups excluding carboxylic acids is 2. The zero-order chi connectivity index (χ0) is 24.9. The quantitative estimate of drug-likeness (QED) is 0.344. The Bertz CT molecular complexity index is 1400. The van der Waals surface area contributed by atoms with E-state index in [2.05, 4.69) is 0 Å². The molecular formula is C27H25FN2O5. The van der Waals surface area contributed by atoms with Gasteiger partial charge in [0, 0.05) is 39.7 Å². The smallest absolute Gasteiger partial charge is 0.310 e. The van der Waals surface area contributed by atoms with E-state index in [4.69, 9.17) is 25.4 Å². The van der Waals surface area contributed by atoms with Gasteiger partial charge in [-0.1, -0.05) is 24.3 Å². The van der Waals surface area contributed by atoms with E-state index < -0.39 is 17.7 Å². The van der Waals surface area contributed by atoms with E-state index in [1.807, 2.05) is 6.07 Å². The highest BCUT2D eigenvalue weighted by Gasteiger charge is 2.17. The van der Waals surface area contributed by atoms with Crippen LogP contribution in [0.4, 0.5) is 4.39 Å². The Kier molecular flexibility index (Phi) is 7.12. The number of primary amides is 1. The van der Waals surface area contributed by atoms with Crippen LogP contribution in [0.25, 0.3) is 22.1 Å². The lowest BCUT2D eigenvalue weighted by Crippen LogP contribution is -2.13. The molecule has 0 aliphatic carbocycles. The highest BCUT2D eigenvalue weighted by molar-refractivity contribution is 5.94. The van der Waals surface area contributed by atoms with Crippen molar-refractivity contribution < 1.29 is 27.9 Å². The van der Waals surface area contributed by atoms with Gasteiger partial charge in [-0.3, -0.25) is 9.59 Å². The Labute approximate surface area is 201 Å². The van der Waals surface area contributed by atoms with E-state index in [9.17, 15) is 9.59 Å². The van der Waals surface area contributed by atoms with Crippen LogP contribution in [0.2, 0.25) is 0 Å². The lowest BCUT2D eigenvalue weighted by Gasteiger charge is -2.14. The van der Waals surface area contributed by atoms with Gasteiger partial charge >= 0.3 is 5.97 Å². The lowest BCUT2D eigenvalue weighted by molar-refractivity contribution is -0.142. The van der Waals surface area contributed by atoms with Crippen molar-refractivity contribution in [3.63, 3.8) is 0 Å². The van der Waals surface area contributed by atoms with Crippen molar-refractivity contribution in [3.05, 3.63) is 88.9 Å². The van der Waals surface area contributed by atoms with Crippen LogP contribution >= 0.6 is 0 Å². The number of carbonyl (C=O) groups is 2. The summed E-state index contributed by atoms with van der Waals surface area (Å²) >= 11 is 0. The predicted octanol–water partition coefficient (Wildman–Crippen LogP) is 4.48. The number of hydrogen-bond acceptors (Lipinski definition) is 6. The van der Waals surface area contributed by atoms with E-state index in [1.165, 1.54) is 18.4 Å². The van der Waals surface area contributed by atoms with Gasteiger partial charge in [0.2, 0.25) is 5.91 Å². The number of esters is 1. The molecule has 0 aliphatic rings. The first-order chi connectivity index (χ1) is 16.9. The number of amides is 1. The van der Waals surface area contributed by atoms with Crippen LogP contribution in [0.5, 0.6) is 5.75 Å². The Morgan fingerprint density at radius 2 is 1.86 bits per heavy atom. The number of ether oxygens (including phenoxy) is 2. The summed E-state index contributed by atoms with van der Waals surface area (Å²) in [5.74, 6) is -1.10. The predicted molar refractivity (Wildman–Crippen MR) is 129 cm³/mol. The second-order valence-electron chi connectivity index (χ2n) is 7.92. The van der Waals surface area contributed by atoms with Crippen LogP contribution in [0.1, 0.15) is 34.0 Å². The summed E-state index contributed by atoms with van der Waals surface area (Å²) in [6.45, 7) is 2.14. The monoisotopic (exact) mass is 476 g/mol. The molecule has 4 aromatic rings. The maximum atomic E-state index is 15.1. The minimum atomic E-state index is -0.616. The summed E-state index contributed by atoms with van der Waals surface area (Å²) in [5, 5.41) is 0.774. The molecule has 8 heteroatoms. The average molecular weight is 477 g/mol. The van der Waals surface area contributed by atoms with Gasteiger partial charge in [0.1, 0.15) is 23.8 Å². The molecule has 1 aromatic heterocycles. The van der Waals surface area contributed by atoms with Crippen molar-refractivity contribution in [1.82, 2.24) is 0 Å². The molecule has 4 rings (SSSR count). The van der Waals surface area contributed by atoms with E-state index in [0.717, 1.165) is 10.9 Å². The zero-order valence-corrected chi connectivity index (χ0v) is 19.2. The molecule has 1 amide bonds. The van der Waals surface area contributed by atoms with Gasteiger partial charge in [-0.25, -0.2) is 4.39 Å². The maximum Gasteiger partial charge on any atom is 0.310 e. The molecule has 3 aromatic carbocycles. The summed E-state index contributed by atoms with van der Waals surface area (Å²) in [7, 11) is 0. The second-order valence-corrected chi connectivity index (χ2v) is 7.92. The zero-order valence-electron chi connectivity index (χ0n) is 19.2. The molecule has 7 nitrogen and oxygen atoms in total. The average Bonchev–Trinajstić information content (AvgIpc) is 3.32. The first kappa shape index (κ1) is 24.0. The van der Waals surface area contributed by atoms with Crippen molar-refractivity contribution in [1.29, 1.82) is 0 Å². The molecular weight excluding hydrogens is 451 g/mol. The van der Waals surface area contributed by atoms with Crippen LogP contribution < -0.4 is 16.2 Å². The Hall–Kier alpha value is -4.17. The SMILES string of the molecule is CCOC(=O)Cc1ccc(C(N)=O)cc1OCc1cc(-c2cccc(CN)c2F)c2occc2c1. The molecule has 0 bridgehead atoms. The molecule has 0 saturated carbocycles. The standard InChI is InChI=1S/C27H25FN2O5/c1-2-33-24(31)13-17-6-7-19(27(30)32)12-23(17)35-15-16-10-18-8-9-34-26(18)22(11-16)21-5-3-4-20(14-29)25(21)28/h3-12H,2,13-15,29H2,1H3,(H2,30,32). The fourth-order valence-electron chi connectivity index (χ4n) is 3.89. The fraction of sp³-hybridized carbons (Fsp3) is 0.185. The summed E-state index contributed by atoms with van der Waals surface area (Å²) < 4.78 is 31.8. The van der Waals surface area contributed by atoms with Crippen molar-refractivity contribution in [2.24, 2.45) is 11.5 Å². The van der Waals surface area contributed by atoms with Crippen LogP contribution in [-0.2, 0) is 29.1 Å². The summed E-state index contributed by atoms with van der Waals surface area (Å²) in [5.41, 5.74) is 14.5. The highest BCUT2D eigenvalue weighted by atomic mass is 19.1. The molecule has 0 fully saturated rings. The third-order valence-corrected chi connectivity index (χ3v) is 5.59. The van der Waals surface area contributed by atoms with Gasteiger partial charge in [0.05, 0.1) is 19.3 Å². The van der Waals surface area contributed by atoms with Crippen molar-refractivity contribution in [2.75, 3.05) is 6.61 Å². The number of rotatable bonds is 9. The Morgan fingerprint density at radius 1 is 1.03 bits per heavy atom. The summed E-state index contributed by atoms with van der Waals surface area (Å²) in [6.07, 6.45) is 1.52. The molecule has 1 heterocycles. The lowest BCUT2D eigenvalue weighted by atomic mass is 9.98. The summed E-state index contributed by atoms with van der Waals surface area (Å²) in [4.78, 5) is 23.7. The van der Waals surface area contributed by atoms with Crippen molar-refractivity contribution >= 4 is 22.8 Å². The van der Waals surface area contributed by atoms with Gasteiger partial charge in [0.15, 0.2) is 0 Å². The number of nitrogens with two attached hydrogens (primary N) is 2. The topological polar surface area (TPSA) is 118 Å². The third-order valence-electron chi connectivity index (χ3n) is 5.59. The van der Waals surface area contributed by atoms with E-state index in [-0.39, 0.29) is 31.7 Å². The number of benzene rings is 3. The molecule has 180 valence electrons. The van der Waals surface area contributed by atoms with Crippen LogP contribution in [0.3, 0.4) is 0 Å². The molecule has 0 aliphatic heterocycles. The fourth-order valence-corrected chi connectivity index (χ4v) is 3.89. The largest absolute Gasteiger partial charge is 0.489 e. The molecule has 0 radical (unpaired) electrons. The van der Waals surface area contributed by atoms with Gasteiger partial charge in [-0.2, -0.15) is 0 Å². The first-order valence-electron chi connectivity index (χ1n) is 11.1. The van der Waals surface area contributed by atoms with Gasteiger partial charge in [-0.05, 0) is 42.8 Å². The Balaban J connectivity index is 1.69. The molecule has 0 unspecified atom stereocenters. The van der Waals surface area contributed by atoms with Crippen LogP contribution in [-0.4, -0.2) is 18.5 Å². The van der Waals surface area contributed by atoms with Crippen LogP contribution in [0.15, 0.2) is 65.3 Å². The number of furan rings is 1. The summed E-state index contributed by atoms with van der Waals surface area (Å²) in [6, 6.07) is 15.1. The minimum absolute atomic E-state index is 0.0225. The number of halogens is 1. The molecule has 4 N–H and O–H groups in total. The highest BCUT2D eigenvalue weighted by Crippen LogP contribution is 2.34. The van der Waals surface area contributed by atoms with Crippen molar-refractivity contribution in [2.45, 2.75) is 26.5 Å². The second kappa shape index (κ2) is 10.4. The minimum Gasteiger partial charge on any atom is -0.489 e.